The van der Waals surface area contributed by atoms with Crippen LogP contribution in [0.5, 0.6) is 0 Å². The number of thiophene rings is 1. The highest BCUT2D eigenvalue weighted by molar-refractivity contribution is 7.97. The molecule has 4 N–H and O–H groups in total. The number of rotatable bonds is 8. The van der Waals surface area contributed by atoms with Gasteiger partial charge in [-0.2, -0.15) is 0 Å². The molecule has 29 heavy (non-hydrogen) atoms. The van der Waals surface area contributed by atoms with Gasteiger partial charge in [0, 0.05) is 15.5 Å². The van der Waals surface area contributed by atoms with Crippen LogP contribution < -0.4 is 15.8 Å². The number of benzene rings is 2. The fourth-order valence-corrected chi connectivity index (χ4v) is 4.04. The number of ether oxygens (including phenoxy) is 1. The highest BCUT2D eigenvalue weighted by Gasteiger charge is 2.19. The van der Waals surface area contributed by atoms with E-state index in [-0.39, 0.29) is 19.1 Å². The van der Waals surface area contributed by atoms with E-state index in [9.17, 15) is 9.59 Å². The van der Waals surface area contributed by atoms with Crippen LogP contribution in [0, 0.1) is 0 Å². The minimum absolute atomic E-state index is 0.0551. The summed E-state index contributed by atoms with van der Waals surface area (Å²) in [5.74, 6) is -0.718. The first-order chi connectivity index (χ1) is 14.1. The van der Waals surface area contributed by atoms with Gasteiger partial charge in [-0.3, -0.25) is 9.93 Å². The molecule has 0 unspecified atom stereocenters. The highest BCUT2D eigenvalue weighted by Crippen LogP contribution is 2.35. The summed E-state index contributed by atoms with van der Waals surface area (Å²) in [6.45, 7) is 2.07. The van der Waals surface area contributed by atoms with Crippen LogP contribution in [0.4, 0.5) is 10.7 Å². The lowest BCUT2D eigenvalue weighted by Gasteiger charge is -2.09. The second-order valence-electron chi connectivity index (χ2n) is 5.99. The van der Waals surface area contributed by atoms with Gasteiger partial charge in [-0.05, 0) is 48.7 Å². The Morgan fingerprint density at radius 1 is 1.10 bits per heavy atom. The summed E-state index contributed by atoms with van der Waals surface area (Å²) >= 11 is 2.48. The summed E-state index contributed by atoms with van der Waals surface area (Å²) in [4.78, 5) is 26.6. The molecule has 0 aliphatic rings. The summed E-state index contributed by atoms with van der Waals surface area (Å²) in [6.07, 6.45) is 0. The third kappa shape index (κ3) is 5.60. The largest absolute Gasteiger partial charge is 0.462 e. The Morgan fingerprint density at radius 2 is 1.90 bits per heavy atom. The van der Waals surface area contributed by atoms with E-state index < -0.39 is 5.97 Å². The van der Waals surface area contributed by atoms with E-state index in [2.05, 4.69) is 10.6 Å². The zero-order chi connectivity index (χ0) is 20.6. The summed E-state index contributed by atoms with van der Waals surface area (Å²) in [5.41, 5.74) is 2.11. The Labute approximate surface area is 177 Å². The van der Waals surface area contributed by atoms with Crippen molar-refractivity contribution in [3.8, 4) is 10.4 Å². The lowest BCUT2D eigenvalue weighted by molar-refractivity contribution is -0.114. The van der Waals surface area contributed by atoms with Crippen molar-refractivity contribution >= 4 is 45.8 Å². The van der Waals surface area contributed by atoms with Crippen molar-refractivity contribution in [2.45, 2.75) is 11.8 Å². The predicted octanol–water partition coefficient (Wildman–Crippen LogP) is 4.61. The third-order valence-electron chi connectivity index (χ3n) is 3.96. The minimum Gasteiger partial charge on any atom is -0.462 e. The second kappa shape index (κ2) is 10.1. The van der Waals surface area contributed by atoms with Gasteiger partial charge in [0.25, 0.3) is 0 Å². The quantitative estimate of drug-likeness (QED) is 0.359. The van der Waals surface area contributed by atoms with Crippen LogP contribution in [0.15, 0.2) is 65.6 Å². The van der Waals surface area contributed by atoms with Crippen LogP contribution in [0.25, 0.3) is 10.4 Å². The molecular weight excluding hydrogens is 406 g/mol. The molecule has 150 valence electrons. The van der Waals surface area contributed by atoms with Crippen molar-refractivity contribution in [2.75, 3.05) is 23.8 Å². The number of esters is 1. The zero-order valence-electron chi connectivity index (χ0n) is 15.8. The number of hydrogen-bond donors (Lipinski definition) is 3. The number of amides is 1. The normalized spacial score (nSPS) is 10.4. The van der Waals surface area contributed by atoms with Gasteiger partial charge in [0.1, 0.15) is 5.00 Å². The third-order valence-corrected chi connectivity index (χ3v) is 5.59. The summed E-state index contributed by atoms with van der Waals surface area (Å²) < 4.78 is 5.14. The average molecular weight is 428 g/mol. The van der Waals surface area contributed by atoms with Crippen LogP contribution in [-0.4, -0.2) is 25.0 Å². The maximum Gasteiger partial charge on any atom is 0.341 e. The van der Waals surface area contributed by atoms with Gasteiger partial charge in [0.05, 0.1) is 18.7 Å². The SMILES string of the molecule is CCOC(=O)c1cc(-c2ccccc2)sc1NC(=O)CNc1cccc(SN)c1. The van der Waals surface area contributed by atoms with E-state index in [0.717, 1.165) is 33.0 Å². The standard InChI is InChI=1S/C21H21N3O3S2/c1-2-27-21(26)17-12-18(14-7-4-3-5-8-14)28-20(17)24-19(25)13-23-15-9-6-10-16(11-15)29-22/h3-12,23H,2,13,22H2,1H3,(H,24,25). The number of anilines is 2. The van der Waals surface area contributed by atoms with E-state index in [1.807, 2.05) is 54.6 Å². The van der Waals surface area contributed by atoms with E-state index in [1.165, 1.54) is 11.3 Å². The number of nitrogens with one attached hydrogen (secondary N) is 2. The number of nitrogens with two attached hydrogens (primary N) is 1. The molecule has 6 nitrogen and oxygen atoms in total. The fraction of sp³-hybridized carbons (Fsp3) is 0.143. The lowest BCUT2D eigenvalue weighted by atomic mass is 10.1. The molecule has 0 aliphatic heterocycles. The van der Waals surface area contributed by atoms with E-state index in [0.29, 0.717) is 10.6 Å². The van der Waals surface area contributed by atoms with Crippen LogP contribution in [0.1, 0.15) is 17.3 Å². The van der Waals surface area contributed by atoms with Crippen molar-refractivity contribution in [3.63, 3.8) is 0 Å². The maximum atomic E-state index is 12.5. The van der Waals surface area contributed by atoms with Gasteiger partial charge >= 0.3 is 5.97 Å². The second-order valence-corrected chi connectivity index (χ2v) is 7.75. The first-order valence-electron chi connectivity index (χ1n) is 8.97. The molecule has 0 aliphatic carbocycles. The molecule has 2 aromatic carbocycles. The van der Waals surface area contributed by atoms with Crippen LogP contribution in [-0.2, 0) is 9.53 Å². The molecule has 8 heteroatoms. The number of carbonyl (C=O) groups is 2. The van der Waals surface area contributed by atoms with E-state index in [1.54, 1.807) is 13.0 Å². The summed E-state index contributed by atoms with van der Waals surface area (Å²) in [7, 11) is 0. The molecule has 0 bridgehead atoms. The molecule has 0 saturated carbocycles. The molecule has 3 aromatic rings. The van der Waals surface area contributed by atoms with E-state index in [4.69, 9.17) is 9.88 Å². The molecule has 1 heterocycles. The Morgan fingerprint density at radius 3 is 2.62 bits per heavy atom. The van der Waals surface area contributed by atoms with Gasteiger partial charge in [0.2, 0.25) is 5.91 Å². The Hall–Kier alpha value is -2.81. The molecule has 0 radical (unpaired) electrons. The van der Waals surface area contributed by atoms with Gasteiger partial charge < -0.3 is 15.4 Å². The molecule has 1 amide bonds. The Kier molecular flexibility index (Phi) is 7.29. The van der Waals surface area contributed by atoms with Gasteiger partial charge in [-0.1, -0.05) is 36.4 Å². The van der Waals surface area contributed by atoms with Crippen molar-refractivity contribution in [1.82, 2.24) is 0 Å². The first-order valence-corrected chi connectivity index (χ1v) is 10.7. The van der Waals surface area contributed by atoms with Gasteiger partial charge in [-0.15, -0.1) is 11.3 Å². The monoisotopic (exact) mass is 427 g/mol. The molecule has 0 spiro atoms. The minimum atomic E-state index is -0.457. The first kappa shape index (κ1) is 20.9. The highest BCUT2D eigenvalue weighted by atomic mass is 32.2. The van der Waals surface area contributed by atoms with Crippen LogP contribution in [0.2, 0.25) is 0 Å². The molecule has 0 saturated heterocycles. The van der Waals surface area contributed by atoms with Crippen molar-refractivity contribution in [3.05, 3.63) is 66.2 Å². The molecule has 1 aromatic heterocycles. The van der Waals surface area contributed by atoms with Crippen molar-refractivity contribution < 1.29 is 14.3 Å². The fourth-order valence-electron chi connectivity index (χ4n) is 2.62. The summed E-state index contributed by atoms with van der Waals surface area (Å²) in [6, 6.07) is 18.9. The van der Waals surface area contributed by atoms with Crippen LogP contribution >= 0.6 is 23.3 Å². The smallest absolute Gasteiger partial charge is 0.341 e. The Bertz CT molecular complexity index is 990. The van der Waals surface area contributed by atoms with E-state index >= 15 is 0 Å². The lowest BCUT2D eigenvalue weighted by Crippen LogP contribution is -2.22. The molecule has 0 fully saturated rings. The molecule has 3 rings (SSSR count). The van der Waals surface area contributed by atoms with Crippen molar-refractivity contribution in [1.29, 1.82) is 0 Å². The summed E-state index contributed by atoms with van der Waals surface area (Å²) in [5, 5.41) is 11.9. The maximum absolute atomic E-state index is 12.5. The van der Waals surface area contributed by atoms with Crippen molar-refractivity contribution in [2.24, 2.45) is 5.14 Å². The van der Waals surface area contributed by atoms with Crippen LogP contribution in [0.3, 0.4) is 0 Å². The molecular formula is C21H21N3O3S2. The van der Waals surface area contributed by atoms with Gasteiger partial charge in [0.15, 0.2) is 0 Å². The zero-order valence-corrected chi connectivity index (χ0v) is 17.4. The number of carbonyl (C=O) groups excluding carboxylic acids is 2. The predicted molar refractivity (Wildman–Crippen MR) is 119 cm³/mol. The molecule has 0 atom stereocenters. The topological polar surface area (TPSA) is 93.4 Å². The number of hydrogen-bond acceptors (Lipinski definition) is 7. The average Bonchev–Trinajstić information content (AvgIpc) is 3.17. The van der Waals surface area contributed by atoms with Gasteiger partial charge in [-0.25, -0.2) is 4.79 Å². The Balaban J connectivity index is 1.74.